The average molecular weight is 418 g/mol. The Hall–Kier alpha value is -0.390. The Balaban J connectivity index is 2.01. The predicted molar refractivity (Wildman–Crippen MR) is 94.5 cm³/mol. The van der Waals surface area contributed by atoms with E-state index in [1.807, 2.05) is 18.2 Å². The third-order valence-electron chi connectivity index (χ3n) is 4.30. The van der Waals surface area contributed by atoms with Crippen LogP contribution in [0.25, 0.3) is 0 Å². The van der Waals surface area contributed by atoms with Crippen molar-refractivity contribution in [3.05, 3.63) is 27.1 Å². The van der Waals surface area contributed by atoms with Gasteiger partial charge in [-0.3, -0.25) is 4.79 Å². The quantitative estimate of drug-likeness (QED) is 0.780. The number of anilines is 1. The number of hydrogen-bond acceptors (Lipinski definition) is 2. The fraction of sp³-hybridized carbons (Fsp3) is 0.562. The zero-order chi connectivity index (χ0) is 15.4. The molecule has 5 heteroatoms. The maximum Gasteiger partial charge on any atom is 0.227 e. The second kappa shape index (κ2) is 7.75. The summed E-state index contributed by atoms with van der Waals surface area (Å²) in [6, 6.07) is 5.80. The van der Waals surface area contributed by atoms with Crippen molar-refractivity contribution in [2.24, 2.45) is 11.8 Å². The van der Waals surface area contributed by atoms with Crippen LogP contribution < -0.4 is 5.32 Å². The van der Waals surface area contributed by atoms with Gasteiger partial charge in [-0.15, -0.1) is 0 Å². The molecule has 3 nitrogen and oxygen atoms in total. The first-order valence-corrected chi connectivity index (χ1v) is 9.04. The van der Waals surface area contributed by atoms with Crippen molar-refractivity contribution in [3.63, 3.8) is 0 Å². The third-order valence-corrected chi connectivity index (χ3v) is 6.18. The lowest BCUT2D eigenvalue weighted by molar-refractivity contribution is -0.122. The van der Waals surface area contributed by atoms with E-state index in [4.69, 9.17) is 0 Å². The standard InChI is InChI=1S/C16H22Br2N2O/c1-3-13(11-6-8-20(2)9-7-11)16(21)19-12-4-5-14(17)15(18)10-12/h4-5,10-11,13H,3,6-9H2,1-2H3,(H,19,21). The van der Waals surface area contributed by atoms with Gasteiger partial charge in [0.05, 0.1) is 0 Å². The van der Waals surface area contributed by atoms with Gasteiger partial charge in [0.2, 0.25) is 5.91 Å². The highest BCUT2D eigenvalue weighted by Crippen LogP contribution is 2.30. The number of likely N-dealkylation sites (tertiary alicyclic amines) is 1. The number of carbonyl (C=O) groups excluding carboxylic acids is 1. The Labute approximate surface area is 143 Å². The van der Waals surface area contributed by atoms with Gasteiger partial charge >= 0.3 is 0 Å². The molecule has 116 valence electrons. The predicted octanol–water partition coefficient (Wildman–Crippen LogP) is 4.52. The van der Waals surface area contributed by atoms with E-state index in [-0.39, 0.29) is 11.8 Å². The van der Waals surface area contributed by atoms with E-state index in [9.17, 15) is 4.79 Å². The lowest BCUT2D eigenvalue weighted by Gasteiger charge is -2.33. The van der Waals surface area contributed by atoms with Crippen LogP contribution in [0.1, 0.15) is 26.2 Å². The number of rotatable bonds is 4. The van der Waals surface area contributed by atoms with Crippen LogP contribution in [-0.4, -0.2) is 30.9 Å². The molecule has 1 unspecified atom stereocenters. The topological polar surface area (TPSA) is 32.3 Å². The first kappa shape index (κ1) is 17.0. The molecule has 0 aliphatic carbocycles. The largest absolute Gasteiger partial charge is 0.326 e. The minimum atomic E-state index is 0.112. The van der Waals surface area contributed by atoms with Crippen LogP contribution in [0.15, 0.2) is 27.1 Å². The number of nitrogens with zero attached hydrogens (tertiary/aromatic N) is 1. The molecule has 1 atom stereocenters. The van der Waals surface area contributed by atoms with Crippen LogP contribution in [0, 0.1) is 11.8 Å². The third kappa shape index (κ3) is 4.54. The molecule has 1 aliphatic rings. The van der Waals surface area contributed by atoms with Crippen molar-refractivity contribution < 1.29 is 4.79 Å². The van der Waals surface area contributed by atoms with Crippen molar-refractivity contribution >= 4 is 43.5 Å². The van der Waals surface area contributed by atoms with Crippen molar-refractivity contribution in [2.45, 2.75) is 26.2 Å². The molecule has 1 heterocycles. The Morgan fingerprint density at radius 1 is 1.33 bits per heavy atom. The normalized spacial score (nSPS) is 18.5. The van der Waals surface area contributed by atoms with E-state index in [0.29, 0.717) is 5.92 Å². The molecule has 2 rings (SSSR count). The van der Waals surface area contributed by atoms with Gasteiger partial charge in [0.1, 0.15) is 0 Å². The van der Waals surface area contributed by atoms with E-state index < -0.39 is 0 Å². The Morgan fingerprint density at radius 3 is 2.57 bits per heavy atom. The first-order chi connectivity index (χ1) is 10.0. The molecule has 1 N–H and O–H groups in total. The van der Waals surface area contributed by atoms with Crippen molar-refractivity contribution in [1.82, 2.24) is 4.90 Å². The summed E-state index contributed by atoms with van der Waals surface area (Å²) < 4.78 is 1.94. The lowest BCUT2D eigenvalue weighted by Crippen LogP contribution is -2.37. The molecule has 0 aromatic heterocycles. The van der Waals surface area contributed by atoms with E-state index in [1.165, 1.54) is 0 Å². The van der Waals surface area contributed by atoms with Crippen molar-refractivity contribution in [3.8, 4) is 0 Å². The number of amides is 1. The maximum atomic E-state index is 12.6. The van der Waals surface area contributed by atoms with Gasteiger partial charge in [-0.25, -0.2) is 0 Å². The maximum absolute atomic E-state index is 12.6. The van der Waals surface area contributed by atoms with Gasteiger partial charge < -0.3 is 10.2 Å². The monoisotopic (exact) mass is 416 g/mol. The minimum Gasteiger partial charge on any atom is -0.326 e. The Bertz CT molecular complexity index is 499. The van der Waals surface area contributed by atoms with E-state index in [1.54, 1.807) is 0 Å². The van der Waals surface area contributed by atoms with Gasteiger partial charge in [0, 0.05) is 20.6 Å². The molecular formula is C16H22Br2N2O. The summed E-state index contributed by atoms with van der Waals surface area (Å²) in [7, 11) is 2.15. The molecule has 21 heavy (non-hydrogen) atoms. The molecule has 0 bridgehead atoms. The van der Waals surface area contributed by atoms with Crippen LogP contribution in [0.5, 0.6) is 0 Å². The summed E-state index contributed by atoms with van der Waals surface area (Å²) in [5.41, 5.74) is 0.849. The number of carbonyl (C=O) groups is 1. The molecule has 0 spiro atoms. The summed E-state index contributed by atoms with van der Waals surface area (Å²) in [5, 5.41) is 3.07. The summed E-state index contributed by atoms with van der Waals surface area (Å²) in [5.74, 6) is 0.771. The SMILES string of the molecule is CCC(C(=O)Nc1ccc(Br)c(Br)c1)C1CCN(C)CC1. The number of benzene rings is 1. The second-order valence-electron chi connectivity index (χ2n) is 5.77. The molecule has 0 radical (unpaired) electrons. The average Bonchev–Trinajstić information content (AvgIpc) is 2.46. The van der Waals surface area contributed by atoms with Crippen LogP contribution >= 0.6 is 31.9 Å². The molecule has 0 saturated carbocycles. The lowest BCUT2D eigenvalue weighted by atomic mass is 9.82. The van der Waals surface area contributed by atoms with Gasteiger partial charge in [-0.05, 0) is 95.4 Å². The van der Waals surface area contributed by atoms with E-state index in [2.05, 4.69) is 56.0 Å². The van der Waals surface area contributed by atoms with Crippen LogP contribution in [-0.2, 0) is 4.79 Å². The van der Waals surface area contributed by atoms with Crippen LogP contribution in [0.4, 0.5) is 5.69 Å². The van der Waals surface area contributed by atoms with Crippen LogP contribution in [0.2, 0.25) is 0 Å². The molecular weight excluding hydrogens is 396 g/mol. The molecule has 1 saturated heterocycles. The summed E-state index contributed by atoms with van der Waals surface area (Å²) in [6.07, 6.45) is 3.14. The number of halogens is 2. The second-order valence-corrected chi connectivity index (χ2v) is 7.48. The summed E-state index contributed by atoms with van der Waals surface area (Å²) >= 11 is 6.91. The molecule has 1 fully saturated rings. The number of hydrogen-bond donors (Lipinski definition) is 1. The van der Waals surface area contributed by atoms with Gasteiger partial charge in [0.15, 0.2) is 0 Å². The zero-order valence-corrected chi connectivity index (χ0v) is 15.7. The van der Waals surface area contributed by atoms with Crippen molar-refractivity contribution in [2.75, 3.05) is 25.5 Å². The van der Waals surface area contributed by atoms with Gasteiger partial charge in [-0.1, -0.05) is 6.92 Å². The molecule has 1 aliphatic heterocycles. The highest BCUT2D eigenvalue weighted by molar-refractivity contribution is 9.13. The Kier molecular flexibility index (Phi) is 6.26. The fourth-order valence-electron chi connectivity index (χ4n) is 2.97. The van der Waals surface area contributed by atoms with Crippen molar-refractivity contribution in [1.29, 1.82) is 0 Å². The zero-order valence-electron chi connectivity index (χ0n) is 12.5. The molecule has 1 amide bonds. The highest BCUT2D eigenvalue weighted by Gasteiger charge is 2.29. The number of nitrogens with one attached hydrogen (secondary N) is 1. The summed E-state index contributed by atoms with van der Waals surface area (Å²) in [4.78, 5) is 14.9. The Morgan fingerprint density at radius 2 is 2.00 bits per heavy atom. The fourth-order valence-corrected chi connectivity index (χ4v) is 3.60. The minimum absolute atomic E-state index is 0.112. The summed E-state index contributed by atoms with van der Waals surface area (Å²) in [6.45, 7) is 4.30. The smallest absolute Gasteiger partial charge is 0.227 e. The van der Waals surface area contributed by atoms with E-state index >= 15 is 0 Å². The van der Waals surface area contributed by atoms with E-state index in [0.717, 1.165) is 47.0 Å². The van der Waals surface area contributed by atoms with Gasteiger partial charge in [-0.2, -0.15) is 0 Å². The molecule has 1 aromatic rings. The number of piperidine rings is 1. The van der Waals surface area contributed by atoms with Crippen LogP contribution in [0.3, 0.4) is 0 Å². The molecule has 1 aromatic carbocycles. The van der Waals surface area contributed by atoms with Gasteiger partial charge in [0.25, 0.3) is 0 Å². The first-order valence-electron chi connectivity index (χ1n) is 7.45. The highest BCUT2D eigenvalue weighted by atomic mass is 79.9.